The lowest BCUT2D eigenvalue weighted by atomic mass is 10.1. The molecule has 1 aromatic rings. The van der Waals surface area contributed by atoms with Crippen molar-refractivity contribution in [3.05, 3.63) is 33.4 Å². The number of nitrogens with zero attached hydrogens (tertiary/aromatic N) is 2. The normalized spacial score (nSPS) is 11.6. The van der Waals surface area contributed by atoms with Crippen molar-refractivity contribution in [2.75, 3.05) is 13.6 Å². The van der Waals surface area contributed by atoms with Crippen molar-refractivity contribution >= 4 is 28.5 Å². The summed E-state index contributed by atoms with van der Waals surface area (Å²) in [6.07, 6.45) is 0. The summed E-state index contributed by atoms with van der Waals surface area (Å²) in [4.78, 5) is 13.5. The molecule has 0 aromatic heterocycles. The number of benzene rings is 1. The van der Waals surface area contributed by atoms with E-state index >= 15 is 0 Å². The summed E-state index contributed by atoms with van der Waals surface area (Å²) in [5.41, 5.74) is 0.660. The molecule has 16 heavy (non-hydrogen) atoms. The number of hydrogen-bond donors (Lipinski definition) is 0. The third kappa shape index (κ3) is 3.49. The van der Waals surface area contributed by atoms with E-state index in [9.17, 15) is 4.79 Å². The minimum atomic E-state index is -0.141. The highest BCUT2D eigenvalue weighted by Gasteiger charge is 2.13. The Balaban J connectivity index is 2.71. The van der Waals surface area contributed by atoms with E-state index in [-0.39, 0.29) is 11.8 Å². The summed E-state index contributed by atoms with van der Waals surface area (Å²) in [7, 11) is 1.72. The molecule has 0 aliphatic carbocycles. The Labute approximate surface area is 109 Å². The number of halogens is 1. The third-order valence-electron chi connectivity index (χ3n) is 2.21. The van der Waals surface area contributed by atoms with E-state index in [4.69, 9.17) is 5.26 Å². The molecule has 0 bridgehead atoms. The summed E-state index contributed by atoms with van der Waals surface area (Å²) in [6, 6.07) is 9.52. The Bertz CT molecular complexity index is 408. The molecule has 0 aliphatic heterocycles. The molecular formula is C12H13IN2O. The number of nitriles is 1. The van der Waals surface area contributed by atoms with Gasteiger partial charge >= 0.3 is 0 Å². The molecule has 0 fully saturated rings. The van der Waals surface area contributed by atoms with Crippen molar-refractivity contribution in [1.29, 1.82) is 5.26 Å². The quantitative estimate of drug-likeness (QED) is 0.801. The van der Waals surface area contributed by atoms with Gasteiger partial charge in [0.1, 0.15) is 0 Å². The monoisotopic (exact) mass is 328 g/mol. The maximum Gasteiger partial charge on any atom is 0.253 e. The van der Waals surface area contributed by atoms with Crippen molar-refractivity contribution in [2.45, 2.75) is 6.92 Å². The zero-order valence-electron chi connectivity index (χ0n) is 9.27. The Hall–Kier alpha value is -1.09. The van der Waals surface area contributed by atoms with Gasteiger partial charge in [-0.1, -0.05) is 0 Å². The van der Waals surface area contributed by atoms with Gasteiger partial charge < -0.3 is 4.90 Å². The molecule has 1 unspecified atom stereocenters. The smallest absolute Gasteiger partial charge is 0.253 e. The van der Waals surface area contributed by atoms with E-state index in [1.165, 1.54) is 0 Å². The maximum atomic E-state index is 11.9. The summed E-state index contributed by atoms with van der Waals surface area (Å²) in [6.45, 7) is 2.26. The van der Waals surface area contributed by atoms with Crippen LogP contribution < -0.4 is 0 Å². The molecule has 1 rings (SSSR count). The molecule has 1 amide bonds. The lowest BCUT2D eigenvalue weighted by Crippen LogP contribution is -2.30. The number of hydrogen-bond acceptors (Lipinski definition) is 2. The largest absolute Gasteiger partial charge is 0.340 e. The highest BCUT2D eigenvalue weighted by molar-refractivity contribution is 14.1. The average molecular weight is 328 g/mol. The minimum Gasteiger partial charge on any atom is -0.340 e. The first-order valence-electron chi connectivity index (χ1n) is 4.95. The van der Waals surface area contributed by atoms with Crippen molar-refractivity contribution in [2.24, 2.45) is 5.92 Å². The molecule has 0 aliphatic rings. The number of rotatable bonds is 3. The molecule has 0 spiro atoms. The zero-order valence-corrected chi connectivity index (χ0v) is 11.4. The molecule has 4 heteroatoms. The second-order valence-electron chi connectivity index (χ2n) is 3.72. The summed E-state index contributed by atoms with van der Waals surface area (Å²) >= 11 is 2.20. The van der Waals surface area contributed by atoms with Gasteiger partial charge in [0.25, 0.3) is 5.91 Å². The molecular weight excluding hydrogens is 315 g/mol. The first-order chi connectivity index (χ1) is 7.54. The third-order valence-corrected chi connectivity index (χ3v) is 2.93. The summed E-state index contributed by atoms with van der Waals surface area (Å²) in [5, 5.41) is 8.68. The molecule has 1 aromatic carbocycles. The van der Waals surface area contributed by atoms with Crippen LogP contribution >= 0.6 is 22.6 Å². The van der Waals surface area contributed by atoms with Crippen molar-refractivity contribution in [3.8, 4) is 6.07 Å². The lowest BCUT2D eigenvalue weighted by Gasteiger charge is -2.18. The topological polar surface area (TPSA) is 44.1 Å². The average Bonchev–Trinajstić information content (AvgIpc) is 2.28. The van der Waals surface area contributed by atoms with E-state index in [1.54, 1.807) is 31.0 Å². The van der Waals surface area contributed by atoms with Gasteiger partial charge in [-0.25, -0.2) is 0 Å². The zero-order chi connectivity index (χ0) is 12.1. The SMILES string of the molecule is CC(C#N)CN(C)C(=O)c1ccc(I)cc1. The summed E-state index contributed by atoms with van der Waals surface area (Å²) < 4.78 is 1.10. The minimum absolute atomic E-state index is 0.0431. The second-order valence-corrected chi connectivity index (χ2v) is 4.97. The van der Waals surface area contributed by atoms with E-state index < -0.39 is 0 Å². The first-order valence-corrected chi connectivity index (χ1v) is 6.03. The van der Waals surface area contributed by atoms with Gasteiger partial charge in [-0.2, -0.15) is 5.26 Å². The highest BCUT2D eigenvalue weighted by Crippen LogP contribution is 2.09. The number of carbonyl (C=O) groups excluding carboxylic acids is 1. The molecule has 0 saturated heterocycles. The maximum absolute atomic E-state index is 11.9. The molecule has 1 atom stereocenters. The van der Waals surface area contributed by atoms with Crippen LogP contribution in [-0.2, 0) is 0 Å². The number of amides is 1. The van der Waals surface area contributed by atoms with Crippen molar-refractivity contribution in [3.63, 3.8) is 0 Å². The van der Waals surface area contributed by atoms with Gasteiger partial charge in [-0.05, 0) is 53.8 Å². The van der Waals surface area contributed by atoms with E-state index in [2.05, 4.69) is 28.7 Å². The Morgan fingerprint density at radius 1 is 1.50 bits per heavy atom. The van der Waals surface area contributed by atoms with Crippen LogP contribution in [0.15, 0.2) is 24.3 Å². The molecule has 0 radical (unpaired) electrons. The molecule has 84 valence electrons. The van der Waals surface area contributed by atoms with Crippen LogP contribution in [0.5, 0.6) is 0 Å². The van der Waals surface area contributed by atoms with Gasteiger partial charge in [0.05, 0.1) is 12.0 Å². The molecule has 0 saturated carbocycles. The number of carbonyl (C=O) groups is 1. The van der Waals surface area contributed by atoms with Crippen LogP contribution in [-0.4, -0.2) is 24.4 Å². The van der Waals surface area contributed by atoms with Gasteiger partial charge in [-0.3, -0.25) is 4.79 Å². The molecule has 0 N–H and O–H groups in total. The summed E-state index contributed by atoms with van der Waals surface area (Å²) in [5.74, 6) is -0.184. The standard InChI is InChI=1S/C12H13IN2O/c1-9(7-14)8-15(2)12(16)10-3-5-11(13)6-4-10/h3-6,9H,8H2,1-2H3. The van der Waals surface area contributed by atoms with Crippen LogP contribution in [0.3, 0.4) is 0 Å². The van der Waals surface area contributed by atoms with Gasteiger partial charge in [-0.15, -0.1) is 0 Å². The van der Waals surface area contributed by atoms with E-state index in [0.29, 0.717) is 12.1 Å². The fraction of sp³-hybridized carbons (Fsp3) is 0.333. The molecule has 0 heterocycles. The van der Waals surface area contributed by atoms with Crippen LogP contribution in [0, 0.1) is 20.8 Å². The van der Waals surface area contributed by atoms with E-state index in [1.807, 2.05) is 12.1 Å². The van der Waals surface area contributed by atoms with Crippen LogP contribution in [0.1, 0.15) is 17.3 Å². The first kappa shape index (κ1) is 13.0. The Kier molecular flexibility index (Phi) is 4.74. The van der Waals surface area contributed by atoms with Crippen molar-refractivity contribution in [1.82, 2.24) is 4.90 Å². The van der Waals surface area contributed by atoms with Crippen LogP contribution in [0.2, 0.25) is 0 Å². The Morgan fingerprint density at radius 2 is 2.06 bits per heavy atom. The second kappa shape index (κ2) is 5.85. The van der Waals surface area contributed by atoms with Crippen LogP contribution in [0.25, 0.3) is 0 Å². The fourth-order valence-corrected chi connectivity index (χ4v) is 1.71. The van der Waals surface area contributed by atoms with E-state index in [0.717, 1.165) is 3.57 Å². The predicted molar refractivity (Wildman–Crippen MR) is 70.9 cm³/mol. The Morgan fingerprint density at radius 3 is 2.56 bits per heavy atom. The van der Waals surface area contributed by atoms with Gasteiger partial charge in [0.2, 0.25) is 0 Å². The van der Waals surface area contributed by atoms with Crippen LogP contribution in [0.4, 0.5) is 0 Å². The highest BCUT2D eigenvalue weighted by atomic mass is 127. The van der Waals surface area contributed by atoms with Crippen molar-refractivity contribution < 1.29 is 4.79 Å². The van der Waals surface area contributed by atoms with Gasteiger partial charge in [0.15, 0.2) is 0 Å². The predicted octanol–water partition coefficient (Wildman–Crippen LogP) is 2.52. The molecule has 3 nitrogen and oxygen atoms in total. The van der Waals surface area contributed by atoms with Gasteiger partial charge in [0, 0.05) is 22.7 Å². The lowest BCUT2D eigenvalue weighted by molar-refractivity contribution is 0.0785. The fourth-order valence-electron chi connectivity index (χ4n) is 1.35.